The second-order valence-electron chi connectivity index (χ2n) is 5.48. The van der Waals surface area contributed by atoms with Crippen LogP contribution in [0.3, 0.4) is 0 Å². The lowest BCUT2D eigenvalue weighted by Gasteiger charge is -2.30. The fraction of sp³-hybridized carbons (Fsp3) is 0.467. The van der Waals surface area contributed by atoms with E-state index in [9.17, 15) is 0 Å². The van der Waals surface area contributed by atoms with Gasteiger partial charge in [0.1, 0.15) is 0 Å². The molecule has 0 amide bonds. The van der Waals surface area contributed by atoms with E-state index < -0.39 is 0 Å². The first-order chi connectivity index (χ1) is 9.70. The summed E-state index contributed by atoms with van der Waals surface area (Å²) in [6.45, 7) is 4.93. The van der Waals surface area contributed by atoms with Gasteiger partial charge in [-0.3, -0.25) is 4.90 Å². The molecule has 0 unspecified atom stereocenters. The summed E-state index contributed by atoms with van der Waals surface area (Å²) in [5.74, 6) is 1.93. The van der Waals surface area contributed by atoms with Crippen LogP contribution >= 0.6 is 12.4 Å². The van der Waals surface area contributed by atoms with Crippen LogP contribution in [0.5, 0.6) is 0 Å². The van der Waals surface area contributed by atoms with Crippen LogP contribution in [0.15, 0.2) is 28.8 Å². The van der Waals surface area contributed by atoms with Crippen molar-refractivity contribution >= 4 is 18.1 Å². The number of hydrogen-bond donors (Lipinski definition) is 1. The maximum atomic E-state index is 5.82. The standard InChI is InChI=1S/C15H20N4O.ClH/c1-11-17-15(20-18-11)13-5-7-19(8-6-13)10-12-3-2-4-14(16)9-12;/h2-4,9,13H,5-8,10,16H2,1H3;1H. The fourth-order valence-electron chi connectivity index (χ4n) is 2.77. The highest BCUT2D eigenvalue weighted by Crippen LogP contribution is 2.27. The van der Waals surface area contributed by atoms with Crippen LogP contribution in [0.25, 0.3) is 0 Å². The van der Waals surface area contributed by atoms with Crippen LogP contribution in [0.4, 0.5) is 5.69 Å². The molecular weight excluding hydrogens is 288 g/mol. The molecule has 2 aromatic rings. The summed E-state index contributed by atoms with van der Waals surface area (Å²) in [5, 5.41) is 3.87. The summed E-state index contributed by atoms with van der Waals surface area (Å²) in [6.07, 6.45) is 2.15. The van der Waals surface area contributed by atoms with Gasteiger partial charge in [-0.25, -0.2) is 0 Å². The average molecular weight is 309 g/mol. The Kier molecular flexibility index (Phi) is 5.20. The van der Waals surface area contributed by atoms with Crippen molar-refractivity contribution in [2.45, 2.75) is 32.2 Å². The van der Waals surface area contributed by atoms with Crippen molar-refractivity contribution in [1.29, 1.82) is 0 Å². The van der Waals surface area contributed by atoms with Gasteiger partial charge in [0.25, 0.3) is 0 Å². The SMILES string of the molecule is Cc1noc(C2CCN(Cc3cccc(N)c3)CC2)n1.Cl. The molecule has 3 rings (SSSR count). The Morgan fingerprint density at radius 3 is 2.71 bits per heavy atom. The van der Waals surface area contributed by atoms with Gasteiger partial charge < -0.3 is 10.3 Å². The number of rotatable bonds is 3. The van der Waals surface area contributed by atoms with Crippen LogP contribution in [-0.2, 0) is 6.54 Å². The van der Waals surface area contributed by atoms with Gasteiger partial charge in [-0.05, 0) is 50.6 Å². The van der Waals surface area contributed by atoms with Gasteiger partial charge in [-0.2, -0.15) is 4.98 Å². The molecule has 2 N–H and O–H groups in total. The van der Waals surface area contributed by atoms with E-state index in [0.717, 1.165) is 49.9 Å². The summed E-state index contributed by atoms with van der Waals surface area (Å²) in [6, 6.07) is 8.11. The number of likely N-dealkylation sites (tertiary alicyclic amines) is 1. The molecule has 0 radical (unpaired) electrons. The fourth-order valence-corrected chi connectivity index (χ4v) is 2.77. The van der Waals surface area contributed by atoms with Gasteiger partial charge >= 0.3 is 0 Å². The predicted molar refractivity (Wildman–Crippen MR) is 84.4 cm³/mol. The lowest BCUT2D eigenvalue weighted by atomic mass is 9.96. The number of nitrogen functional groups attached to an aromatic ring is 1. The molecule has 0 aliphatic carbocycles. The number of piperidine rings is 1. The molecule has 0 atom stereocenters. The first-order valence-electron chi connectivity index (χ1n) is 7.07. The van der Waals surface area contributed by atoms with E-state index in [2.05, 4.69) is 21.1 Å². The van der Waals surface area contributed by atoms with Gasteiger partial charge in [0, 0.05) is 18.2 Å². The van der Waals surface area contributed by atoms with E-state index in [1.807, 2.05) is 25.1 Å². The number of benzene rings is 1. The van der Waals surface area contributed by atoms with Crippen LogP contribution in [0.1, 0.15) is 36.0 Å². The number of aromatic nitrogens is 2. The first kappa shape index (κ1) is 15.8. The topological polar surface area (TPSA) is 68.2 Å². The van der Waals surface area contributed by atoms with Gasteiger partial charge in [0.15, 0.2) is 5.82 Å². The van der Waals surface area contributed by atoms with E-state index in [1.165, 1.54) is 5.56 Å². The third-order valence-electron chi connectivity index (χ3n) is 3.84. The number of hydrogen-bond acceptors (Lipinski definition) is 5. The van der Waals surface area contributed by atoms with Crippen molar-refractivity contribution in [3.05, 3.63) is 41.5 Å². The van der Waals surface area contributed by atoms with Crippen molar-refractivity contribution in [2.24, 2.45) is 0 Å². The molecule has 0 saturated carbocycles. The molecule has 1 fully saturated rings. The number of nitrogens with zero attached hydrogens (tertiary/aromatic N) is 3. The van der Waals surface area contributed by atoms with Gasteiger partial charge in [0.05, 0.1) is 0 Å². The zero-order valence-corrected chi connectivity index (χ0v) is 13.0. The second kappa shape index (κ2) is 6.91. The molecule has 5 nitrogen and oxygen atoms in total. The van der Waals surface area contributed by atoms with E-state index in [1.54, 1.807) is 0 Å². The minimum Gasteiger partial charge on any atom is -0.399 e. The van der Waals surface area contributed by atoms with Crippen molar-refractivity contribution < 1.29 is 4.52 Å². The Bertz CT molecular complexity index is 579. The zero-order chi connectivity index (χ0) is 13.9. The molecule has 1 aromatic heterocycles. The Hall–Kier alpha value is -1.59. The number of anilines is 1. The molecule has 1 saturated heterocycles. The molecule has 2 heterocycles. The van der Waals surface area contributed by atoms with E-state index in [-0.39, 0.29) is 12.4 Å². The quantitative estimate of drug-likeness (QED) is 0.883. The third-order valence-corrected chi connectivity index (χ3v) is 3.84. The molecule has 0 spiro atoms. The van der Waals surface area contributed by atoms with E-state index >= 15 is 0 Å². The summed E-state index contributed by atoms with van der Waals surface area (Å²) < 4.78 is 5.28. The van der Waals surface area contributed by atoms with Crippen LogP contribution in [0.2, 0.25) is 0 Å². The molecule has 6 heteroatoms. The van der Waals surface area contributed by atoms with Crippen LogP contribution in [0, 0.1) is 6.92 Å². The van der Waals surface area contributed by atoms with E-state index in [4.69, 9.17) is 10.3 Å². The van der Waals surface area contributed by atoms with Crippen molar-refractivity contribution in [1.82, 2.24) is 15.0 Å². The summed E-state index contributed by atoms with van der Waals surface area (Å²) >= 11 is 0. The molecular formula is C15H21ClN4O. The first-order valence-corrected chi connectivity index (χ1v) is 7.07. The van der Waals surface area contributed by atoms with Crippen molar-refractivity contribution in [3.63, 3.8) is 0 Å². The van der Waals surface area contributed by atoms with Crippen molar-refractivity contribution in [2.75, 3.05) is 18.8 Å². The minimum absolute atomic E-state index is 0. The lowest BCUT2D eigenvalue weighted by molar-refractivity contribution is 0.187. The third kappa shape index (κ3) is 3.95. The highest BCUT2D eigenvalue weighted by molar-refractivity contribution is 5.85. The van der Waals surface area contributed by atoms with Crippen molar-refractivity contribution in [3.8, 4) is 0 Å². The highest BCUT2D eigenvalue weighted by atomic mass is 35.5. The Balaban J connectivity index is 0.00000161. The average Bonchev–Trinajstić information content (AvgIpc) is 2.86. The maximum absolute atomic E-state index is 5.82. The Labute approximate surface area is 130 Å². The van der Waals surface area contributed by atoms with Crippen LogP contribution < -0.4 is 5.73 Å². The minimum atomic E-state index is 0. The predicted octanol–water partition coefficient (Wildman–Crippen LogP) is 2.76. The second-order valence-corrected chi connectivity index (χ2v) is 5.48. The number of nitrogens with two attached hydrogens (primary N) is 1. The smallest absolute Gasteiger partial charge is 0.229 e. The normalized spacial score (nSPS) is 16.6. The molecule has 1 aromatic carbocycles. The summed E-state index contributed by atoms with van der Waals surface area (Å²) in [7, 11) is 0. The lowest BCUT2D eigenvalue weighted by Crippen LogP contribution is -2.32. The van der Waals surface area contributed by atoms with Gasteiger partial charge in [0.2, 0.25) is 5.89 Å². The highest BCUT2D eigenvalue weighted by Gasteiger charge is 2.24. The van der Waals surface area contributed by atoms with Crippen LogP contribution in [-0.4, -0.2) is 28.1 Å². The zero-order valence-electron chi connectivity index (χ0n) is 12.2. The summed E-state index contributed by atoms with van der Waals surface area (Å²) in [5.41, 5.74) is 7.93. The number of halogens is 1. The van der Waals surface area contributed by atoms with E-state index in [0.29, 0.717) is 5.92 Å². The largest absolute Gasteiger partial charge is 0.399 e. The Morgan fingerprint density at radius 1 is 1.33 bits per heavy atom. The molecule has 114 valence electrons. The van der Waals surface area contributed by atoms with Gasteiger partial charge in [-0.1, -0.05) is 17.3 Å². The van der Waals surface area contributed by atoms with Gasteiger partial charge in [-0.15, -0.1) is 12.4 Å². The summed E-state index contributed by atoms with van der Waals surface area (Å²) in [4.78, 5) is 6.80. The molecule has 1 aliphatic rings. The Morgan fingerprint density at radius 2 is 2.10 bits per heavy atom. The maximum Gasteiger partial charge on any atom is 0.229 e. The monoisotopic (exact) mass is 308 g/mol. The molecule has 21 heavy (non-hydrogen) atoms. The molecule has 0 bridgehead atoms. The molecule has 1 aliphatic heterocycles. The number of aryl methyl sites for hydroxylation is 1.